The van der Waals surface area contributed by atoms with Gasteiger partial charge in [0.2, 0.25) is 11.8 Å². The van der Waals surface area contributed by atoms with Crippen molar-refractivity contribution in [1.29, 1.82) is 0 Å². The first-order valence-electron chi connectivity index (χ1n) is 5.63. The van der Waals surface area contributed by atoms with Gasteiger partial charge in [0.25, 0.3) is 0 Å². The van der Waals surface area contributed by atoms with E-state index in [1.54, 1.807) is 0 Å². The summed E-state index contributed by atoms with van der Waals surface area (Å²) >= 11 is 0. The predicted molar refractivity (Wildman–Crippen MR) is 60.3 cm³/mol. The first-order chi connectivity index (χ1) is 7.87. The molecule has 0 heterocycles. The van der Waals surface area contributed by atoms with E-state index >= 15 is 0 Å². The van der Waals surface area contributed by atoms with E-state index in [-0.39, 0.29) is 12.5 Å². The van der Waals surface area contributed by atoms with Crippen molar-refractivity contribution in [3.05, 3.63) is 0 Å². The minimum absolute atomic E-state index is 0.107. The van der Waals surface area contributed by atoms with Crippen LogP contribution in [0.5, 0.6) is 0 Å². The number of hydrogen-bond acceptors (Lipinski definition) is 3. The van der Waals surface area contributed by atoms with Crippen LogP contribution in [0.3, 0.4) is 0 Å². The molecule has 1 rings (SSSR count). The van der Waals surface area contributed by atoms with Gasteiger partial charge in [-0.2, -0.15) is 0 Å². The van der Waals surface area contributed by atoms with Gasteiger partial charge in [-0.25, -0.2) is 4.79 Å². The number of nitrogens with zero attached hydrogens (tertiary/aromatic N) is 1. The van der Waals surface area contributed by atoms with E-state index in [0.717, 1.165) is 12.8 Å². The molecule has 6 heteroatoms. The summed E-state index contributed by atoms with van der Waals surface area (Å²) in [6, 6.07) is 0. The first kappa shape index (κ1) is 13.5. The fourth-order valence-electron chi connectivity index (χ4n) is 2.00. The summed E-state index contributed by atoms with van der Waals surface area (Å²) in [4.78, 5) is 35.0. The third kappa shape index (κ3) is 3.18. The first-order valence-corrected chi connectivity index (χ1v) is 5.63. The van der Waals surface area contributed by atoms with Gasteiger partial charge >= 0.3 is 5.97 Å². The Labute approximate surface area is 100.0 Å². The van der Waals surface area contributed by atoms with E-state index < -0.39 is 17.4 Å². The van der Waals surface area contributed by atoms with Crippen molar-refractivity contribution in [2.75, 3.05) is 13.6 Å². The SMILES string of the molecule is CC(=O)N(C)CC(=O)NC1(C(=O)O)CCCC1. The summed E-state index contributed by atoms with van der Waals surface area (Å²) in [5, 5.41) is 11.7. The van der Waals surface area contributed by atoms with Crippen LogP contribution >= 0.6 is 0 Å². The molecule has 17 heavy (non-hydrogen) atoms. The lowest BCUT2D eigenvalue weighted by Crippen LogP contribution is -2.54. The lowest BCUT2D eigenvalue weighted by atomic mass is 9.98. The number of amides is 2. The molecule has 1 saturated carbocycles. The zero-order valence-corrected chi connectivity index (χ0v) is 10.2. The Kier molecular flexibility index (Phi) is 4.09. The zero-order chi connectivity index (χ0) is 13.1. The highest BCUT2D eigenvalue weighted by Crippen LogP contribution is 2.29. The number of aliphatic carboxylic acids is 1. The van der Waals surface area contributed by atoms with Crippen LogP contribution in [-0.2, 0) is 14.4 Å². The summed E-state index contributed by atoms with van der Waals surface area (Å²) in [5.41, 5.74) is -1.13. The predicted octanol–water partition coefficient (Wildman–Crippen LogP) is -0.0217. The minimum atomic E-state index is -1.13. The highest BCUT2D eigenvalue weighted by Gasteiger charge is 2.42. The van der Waals surface area contributed by atoms with Gasteiger partial charge in [0.15, 0.2) is 0 Å². The molecule has 96 valence electrons. The van der Waals surface area contributed by atoms with E-state index in [1.165, 1.54) is 18.9 Å². The van der Waals surface area contributed by atoms with Gasteiger partial charge in [-0.15, -0.1) is 0 Å². The van der Waals surface area contributed by atoms with Crippen LogP contribution in [0.2, 0.25) is 0 Å². The fourth-order valence-corrected chi connectivity index (χ4v) is 2.00. The Balaban J connectivity index is 2.60. The van der Waals surface area contributed by atoms with Gasteiger partial charge in [0.05, 0.1) is 6.54 Å². The van der Waals surface area contributed by atoms with Crippen LogP contribution in [0, 0.1) is 0 Å². The number of hydrogen-bond donors (Lipinski definition) is 2. The number of rotatable bonds is 4. The van der Waals surface area contributed by atoms with Gasteiger partial charge < -0.3 is 15.3 Å². The molecule has 1 aliphatic carbocycles. The maximum Gasteiger partial charge on any atom is 0.329 e. The number of likely N-dealkylation sites (N-methyl/N-ethyl adjacent to an activating group) is 1. The Morgan fingerprint density at radius 3 is 2.24 bits per heavy atom. The summed E-state index contributed by atoms with van der Waals surface area (Å²) in [7, 11) is 1.50. The lowest BCUT2D eigenvalue weighted by Gasteiger charge is -2.26. The molecule has 0 aliphatic heterocycles. The van der Waals surface area contributed by atoms with Crippen LogP contribution in [0.25, 0.3) is 0 Å². The molecule has 0 spiro atoms. The molecule has 0 aromatic carbocycles. The van der Waals surface area contributed by atoms with E-state index in [0.29, 0.717) is 12.8 Å². The van der Waals surface area contributed by atoms with E-state index in [9.17, 15) is 14.4 Å². The van der Waals surface area contributed by atoms with E-state index in [1.807, 2.05) is 0 Å². The van der Waals surface area contributed by atoms with Gasteiger partial charge in [-0.1, -0.05) is 12.8 Å². The van der Waals surface area contributed by atoms with Crippen molar-refractivity contribution in [2.45, 2.75) is 38.1 Å². The number of carbonyl (C=O) groups is 3. The molecular weight excluding hydrogens is 224 g/mol. The Bertz CT molecular complexity index is 334. The summed E-state index contributed by atoms with van der Waals surface area (Å²) in [6.45, 7) is 1.25. The second-order valence-electron chi connectivity index (χ2n) is 4.52. The molecule has 2 N–H and O–H groups in total. The molecule has 0 aromatic rings. The summed E-state index contributed by atoms with van der Waals surface area (Å²) in [5.74, 6) is -1.64. The molecule has 1 fully saturated rings. The van der Waals surface area contributed by atoms with Crippen molar-refractivity contribution in [2.24, 2.45) is 0 Å². The number of carbonyl (C=O) groups excluding carboxylic acids is 2. The zero-order valence-electron chi connectivity index (χ0n) is 10.2. The Morgan fingerprint density at radius 2 is 1.82 bits per heavy atom. The molecule has 0 saturated heterocycles. The second-order valence-corrected chi connectivity index (χ2v) is 4.52. The van der Waals surface area contributed by atoms with E-state index in [2.05, 4.69) is 5.32 Å². The molecule has 6 nitrogen and oxygen atoms in total. The van der Waals surface area contributed by atoms with Crippen LogP contribution in [0.15, 0.2) is 0 Å². The average Bonchev–Trinajstić information content (AvgIpc) is 2.67. The maximum atomic E-state index is 11.7. The summed E-state index contributed by atoms with van der Waals surface area (Å²) in [6.07, 6.45) is 2.51. The average molecular weight is 242 g/mol. The fraction of sp³-hybridized carbons (Fsp3) is 0.727. The molecule has 0 atom stereocenters. The smallest absolute Gasteiger partial charge is 0.329 e. The molecule has 0 radical (unpaired) electrons. The lowest BCUT2D eigenvalue weighted by molar-refractivity contribution is -0.147. The molecule has 2 amide bonds. The largest absolute Gasteiger partial charge is 0.480 e. The Morgan fingerprint density at radius 1 is 1.29 bits per heavy atom. The van der Waals surface area contributed by atoms with Crippen LogP contribution in [-0.4, -0.2) is 46.9 Å². The van der Waals surface area contributed by atoms with E-state index in [4.69, 9.17) is 5.11 Å². The third-order valence-corrected chi connectivity index (χ3v) is 3.16. The minimum Gasteiger partial charge on any atom is -0.480 e. The van der Waals surface area contributed by atoms with Crippen LogP contribution in [0.4, 0.5) is 0 Å². The number of carboxylic acids is 1. The molecular formula is C11H18N2O4. The van der Waals surface area contributed by atoms with Gasteiger partial charge in [0, 0.05) is 14.0 Å². The molecule has 0 bridgehead atoms. The molecule has 0 unspecified atom stereocenters. The quantitative estimate of drug-likeness (QED) is 0.725. The number of nitrogens with one attached hydrogen (secondary N) is 1. The molecule has 0 aromatic heterocycles. The summed E-state index contributed by atoms with van der Waals surface area (Å²) < 4.78 is 0. The standard InChI is InChI=1S/C11H18N2O4/c1-8(14)13(2)7-9(15)12-11(10(16)17)5-3-4-6-11/h3-7H2,1-2H3,(H,12,15)(H,16,17). The Hall–Kier alpha value is -1.59. The van der Waals surface area contributed by atoms with Gasteiger partial charge in [-0.3, -0.25) is 9.59 Å². The van der Waals surface area contributed by atoms with Crippen molar-refractivity contribution in [3.63, 3.8) is 0 Å². The molecule has 1 aliphatic rings. The second kappa shape index (κ2) is 5.16. The normalized spacial score (nSPS) is 17.5. The van der Waals surface area contributed by atoms with Gasteiger partial charge in [0.1, 0.15) is 5.54 Å². The highest BCUT2D eigenvalue weighted by molar-refractivity contribution is 5.89. The topological polar surface area (TPSA) is 86.7 Å². The maximum absolute atomic E-state index is 11.7. The highest BCUT2D eigenvalue weighted by atomic mass is 16.4. The van der Waals surface area contributed by atoms with Crippen LogP contribution in [0.1, 0.15) is 32.6 Å². The van der Waals surface area contributed by atoms with Crippen LogP contribution < -0.4 is 5.32 Å². The van der Waals surface area contributed by atoms with Gasteiger partial charge in [-0.05, 0) is 12.8 Å². The van der Waals surface area contributed by atoms with Crippen molar-refractivity contribution >= 4 is 17.8 Å². The number of carboxylic acid groups (broad SMARTS) is 1. The van der Waals surface area contributed by atoms with Crippen molar-refractivity contribution in [3.8, 4) is 0 Å². The van der Waals surface area contributed by atoms with Crippen molar-refractivity contribution in [1.82, 2.24) is 10.2 Å². The monoisotopic (exact) mass is 242 g/mol. The third-order valence-electron chi connectivity index (χ3n) is 3.16. The van der Waals surface area contributed by atoms with Crippen molar-refractivity contribution < 1.29 is 19.5 Å².